The van der Waals surface area contributed by atoms with E-state index >= 15 is 0 Å². The van der Waals surface area contributed by atoms with E-state index < -0.39 is 0 Å². The van der Waals surface area contributed by atoms with E-state index in [-0.39, 0.29) is 0 Å². The molecule has 6 heavy (non-hydrogen) atoms. The van der Waals surface area contributed by atoms with Gasteiger partial charge in [0.1, 0.15) is 0 Å². The van der Waals surface area contributed by atoms with Crippen LogP contribution in [0.25, 0.3) is 0 Å². The molecule has 0 aromatic carbocycles. The molecule has 1 atom stereocenters. The molecule has 0 aliphatic carbocycles. The van der Waals surface area contributed by atoms with Gasteiger partial charge in [0.05, 0.1) is 5.51 Å². The topological polar surface area (TPSA) is 12.9 Å². The number of nitrogens with zero attached hydrogens (tertiary/aromatic N) is 1. The van der Waals surface area contributed by atoms with Gasteiger partial charge in [0.25, 0.3) is 0 Å². The first kappa shape index (κ1) is 4.23. The molecule has 0 fully saturated rings. The van der Waals surface area contributed by atoms with Crippen molar-refractivity contribution in [3.8, 4) is 0 Å². The summed E-state index contributed by atoms with van der Waals surface area (Å²) in [6.07, 6.45) is 1.81. The van der Waals surface area contributed by atoms with E-state index in [1.54, 1.807) is 11.3 Å². The van der Waals surface area contributed by atoms with Crippen LogP contribution in [-0.4, -0.2) is 4.98 Å². The minimum atomic E-state index is 1.19. The van der Waals surface area contributed by atoms with Crippen LogP contribution >= 0.6 is 20.6 Å². The van der Waals surface area contributed by atoms with Gasteiger partial charge in [0.15, 0.2) is 0 Å². The van der Waals surface area contributed by atoms with Gasteiger partial charge in [-0.2, -0.15) is 0 Å². The second-order valence-corrected chi connectivity index (χ2v) is 2.86. The molecule has 1 nitrogen and oxygen atoms in total. The van der Waals surface area contributed by atoms with Crippen LogP contribution in [0.5, 0.6) is 0 Å². The minimum absolute atomic E-state index is 1.19. The van der Waals surface area contributed by atoms with Gasteiger partial charge in [0.2, 0.25) is 0 Å². The number of rotatable bonds is 0. The van der Waals surface area contributed by atoms with E-state index in [0.717, 1.165) is 0 Å². The number of hydrogen-bond donors (Lipinski definition) is 0. The predicted octanol–water partition coefficient (Wildman–Crippen LogP) is 0.643. The first-order chi connectivity index (χ1) is 2.89. The van der Waals surface area contributed by atoms with E-state index in [2.05, 4.69) is 14.2 Å². The normalized spacial score (nSPS) is 8.83. The first-order valence-electron chi connectivity index (χ1n) is 1.53. The van der Waals surface area contributed by atoms with Gasteiger partial charge < -0.3 is 0 Å². The van der Waals surface area contributed by atoms with Gasteiger partial charge in [-0.05, 0) is 0 Å². The summed E-state index contributed by atoms with van der Waals surface area (Å²) >= 11 is 1.63. The second-order valence-electron chi connectivity index (χ2n) is 0.904. The Kier molecular flexibility index (Phi) is 1.18. The van der Waals surface area contributed by atoms with E-state index in [1.165, 1.54) is 4.62 Å². The molecule has 1 heterocycles. The Balaban J connectivity index is 3.05. The molecule has 0 aliphatic rings. The molecule has 0 radical (unpaired) electrons. The Hall–Kier alpha value is 0.0600. The van der Waals surface area contributed by atoms with Gasteiger partial charge in [-0.3, -0.25) is 4.98 Å². The molecule has 0 aliphatic heterocycles. The smallest absolute Gasteiger partial charge is 0.0797 e. The third-order valence-electron chi connectivity index (χ3n) is 0.451. The largest absolute Gasteiger partial charge is 0.252 e. The third kappa shape index (κ3) is 0.763. The van der Waals surface area contributed by atoms with Crippen molar-refractivity contribution < 1.29 is 0 Å². The highest BCUT2D eigenvalue weighted by atomic mass is 32.1. The van der Waals surface area contributed by atoms with Gasteiger partial charge in [-0.15, -0.1) is 11.3 Å². The van der Waals surface area contributed by atoms with Crippen molar-refractivity contribution in [2.45, 2.75) is 0 Å². The van der Waals surface area contributed by atoms with E-state index in [0.29, 0.717) is 0 Å². The lowest BCUT2D eigenvalue weighted by atomic mass is 11.0. The number of aromatic nitrogens is 1. The van der Waals surface area contributed by atoms with Crippen molar-refractivity contribution in [2.75, 3.05) is 0 Å². The Bertz CT molecular complexity index is 114. The zero-order chi connectivity index (χ0) is 4.41. The molecule has 0 saturated carbocycles. The highest BCUT2D eigenvalue weighted by Crippen LogP contribution is 1.92. The maximum atomic E-state index is 3.82. The summed E-state index contributed by atoms with van der Waals surface area (Å²) in [5.41, 5.74) is 1.81. The fraction of sp³-hybridized carbons (Fsp3) is 0. The molecule has 1 aromatic rings. The monoisotopic (exact) mass is 117 g/mol. The summed E-state index contributed by atoms with van der Waals surface area (Å²) in [6.45, 7) is 0. The molecule has 0 saturated heterocycles. The molecule has 32 valence electrons. The summed E-state index contributed by atoms with van der Waals surface area (Å²) in [6, 6.07) is 0. The molecule has 0 amide bonds. The van der Waals surface area contributed by atoms with Gasteiger partial charge in [0, 0.05) is 10.8 Å². The van der Waals surface area contributed by atoms with Crippen molar-refractivity contribution in [3.63, 3.8) is 0 Å². The Morgan fingerprint density at radius 1 is 1.83 bits per heavy atom. The Morgan fingerprint density at radius 3 is 2.83 bits per heavy atom. The molecular weight excluding hydrogens is 113 g/mol. The zero-order valence-corrected chi connectivity index (χ0v) is 5.06. The Morgan fingerprint density at radius 2 is 2.67 bits per heavy atom. The summed E-state index contributed by atoms with van der Waals surface area (Å²) in [5, 5.41) is 0. The van der Waals surface area contributed by atoms with Crippen LogP contribution in [-0.2, 0) is 0 Å². The summed E-state index contributed by atoms with van der Waals surface area (Å²) < 4.78 is 1.19. The molecule has 0 N–H and O–H groups in total. The third-order valence-corrected chi connectivity index (χ3v) is 1.61. The SMILES string of the molecule is Pc1cncs1. The highest BCUT2D eigenvalue weighted by Gasteiger charge is 1.76. The molecule has 0 bridgehead atoms. The molecule has 3 heteroatoms. The molecule has 0 spiro atoms. The molecule has 1 aromatic heterocycles. The quantitative estimate of drug-likeness (QED) is 0.454. The van der Waals surface area contributed by atoms with Crippen LogP contribution in [0.4, 0.5) is 0 Å². The van der Waals surface area contributed by atoms with Crippen molar-refractivity contribution in [2.24, 2.45) is 0 Å². The van der Waals surface area contributed by atoms with Crippen LogP contribution in [0.1, 0.15) is 0 Å². The van der Waals surface area contributed by atoms with Crippen LogP contribution in [0.3, 0.4) is 0 Å². The lowest BCUT2D eigenvalue weighted by Gasteiger charge is -1.63. The molecule has 1 unspecified atom stereocenters. The summed E-state index contributed by atoms with van der Waals surface area (Å²) in [5.74, 6) is 0. The molecule has 1 rings (SSSR count). The van der Waals surface area contributed by atoms with E-state index in [9.17, 15) is 0 Å². The number of hydrogen-bond acceptors (Lipinski definition) is 2. The lowest BCUT2D eigenvalue weighted by Crippen LogP contribution is -1.70. The van der Waals surface area contributed by atoms with Crippen molar-refractivity contribution in [1.82, 2.24) is 4.98 Å². The average molecular weight is 117 g/mol. The maximum absolute atomic E-state index is 3.82. The fourth-order valence-corrected chi connectivity index (χ4v) is 0.859. The Labute approximate surface area is 42.6 Å². The van der Waals surface area contributed by atoms with Crippen LogP contribution in [0.15, 0.2) is 11.7 Å². The highest BCUT2D eigenvalue weighted by molar-refractivity contribution is 7.42. The maximum Gasteiger partial charge on any atom is 0.0797 e. The average Bonchev–Trinajstić information content (AvgIpc) is 1.86. The van der Waals surface area contributed by atoms with Crippen molar-refractivity contribution in [3.05, 3.63) is 11.7 Å². The van der Waals surface area contributed by atoms with Gasteiger partial charge in [-0.1, -0.05) is 9.24 Å². The van der Waals surface area contributed by atoms with Gasteiger partial charge in [-0.25, -0.2) is 0 Å². The zero-order valence-electron chi connectivity index (χ0n) is 3.09. The number of thiazole rings is 1. The lowest BCUT2D eigenvalue weighted by molar-refractivity contribution is 1.44. The fourth-order valence-electron chi connectivity index (χ4n) is 0.226. The predicted molar refractivity (Wildman–Crippen MR) is 31.5 cm³/mol. The first-order valence-corrected chi connectivity index (χ1v) is 2.99. The van der Waals surface area contributed by atoms with Crippen LogP contribution in [0, 0.1) is 0 Å². The minimum Gasteiger partial charge on any atom is -0.252 e. The standard InChI is InChI=1S/C3H4NPS/c5-3-1-4-2-6-3/h1-2H,5H2. The van der Waals surface area contributed by atoms with E-state index in [1.807, 2.05) is 11.7 Å². The summed E-state index contributed by atoms with van der Waals surface area (Å²) in [7, 11) is 2.57. The van der Waals surface area contributed by atoms with E-state index in [4.69, 9.17) is 0 Å². The van der Waals surface area contributed by atoms with Crippen molar-refractivity contribution in [1.29, 1.82) is 0 Å². The van der Waals surface area contributed by atoms with Crippen LogP contribution < -0.4 is 4.62 Å². The molecular formula is C3H4NPS. The van der Waals surface area contributed by atoms with Crippen LogP contribution in [0.2, 0.25) is 0 Å². The summed E-state index contributed by atoms with van der Waals surface area (Å²) in [4.78, 5) is 3.82. The second kappa shape index (κ2) is 1.67. The van der Waals surface area contributed by atoms with Crippen molar-refractivity contribution >= 4 is 25.2 Å². The van der Waals surface area contributed by atoms with Gasteiger partial charge >= 0.3 is 0 Å².